The number of hydrogen-bond acceptors (Lipinski definition) is 14. The van der Waals surface area contributed by atoms with Crippen LogP contribution in [0, 0.1) is 13.8 Å². The van der Waals surface area contributed by atoms with Crippen LogP contribution in [-0.4, -0.2) is 45.8 Å². The molecule has 0 fully saturated rings. The Morgan fingerprint density at radius 2 is 0.867 bits per heavy atom. The summed E-state index contributed by atoms with van der Waals surface area (Å²) in [6.45, 7) is 8.50. The summed E-state index contributed by atoms with van der Waals surface area (Å²) in [7, 11) is 0. The molecule has 0 saturated heterocycles. The summed E-state index contributed by atoms with van der Waals surface area (Å²) in [4.78, 5) is 72.0. The fourth-order valence-electron chi connectivity index (χ4n) is 5.27. The van der Waals surface area contributed by atoms with Crippen molar-refractivity contribution < 1.29 is 108 Å². The van der Waals surface area contributed by atoms with E-state index in [-0.39, 0.29) is 93.3 Å². The zero-order chi connectivity index (χ0) is 42.8. The summed E-state index contributed by atoms with van der Waals surface area (Å²) in [5, 5.41) is 69.2. The number of carboxylic acid groups (broad SMARTS) is 2. The zero-order valence-electron chi connectivity index (χ0n) is 33.9. The number of carbonyl (C=O) groups is 6. The van der Waals surface area contributed by atoms with E-state index in [1.54, 1.807) is 50.2 Å². The first-order valence-corrected chi connectivity index (χ1v) is 17.1. The number of anilines is 4. The molecule has 0 saturated carbocycles. The predicted octanol–water partition coefficient (Wildman–Crippen LogP) is -0.354. The Morgan fingerprint density at radius 3 is 1.15 bits per heavy atom. The molecule has 0 aromatic heterocycles. The SMILES string of the molecule is CC(=O)Nc1ccc(N=NC(=O)C(Nc2ccc(-c3ccc(NC(C(=O)N=Nc4ccc(NC(C)=O)cc4C(=O)[O-])=C(C)O)c(C)c3)cc2C)=C(C)O)c(C(=O)[O-])c1.[Na+].[Na+]. The Hall–Kier alpha value is -6.02. The van der Waals surface area contributed by atoms with Crippen LogP contribution < -0.4 is 90.6 Å². The molecule has 18 nitrogen and oxygen atoms in total. The number of carboxylic acids is 2. The van der Waals surface area contributed by atoms with Crippen LogP contribution in [-0.2, 0) is 19.2 Å². The van der Waals surface area contributed by atoms with Crippen LogP contribution in [0.25, 0.3) is 11.1 Å². The molecule has 0 unspecified atom stereocenters. The number of allylic oxidation sites excluding steroid dienone is 2. The van der Waals surface area contributed by atoms with Crippen LogP contribution in [0.15, 0.2) is 116 Å². The molecule has 0 aliphatic heterocycles. The second-order valence-electron chi connectivity index (χ2n) is 12.6. The Labute approximate surface area is 387 Å². The number of hydrogen-bond donors (Lipinski definition) is 6. The third-order valence-electron chi connectivity index (χ3n) is 8.03. The number of aryl methyl sites for hydroxylation is 2. The molecule has 0 aliphatic rings. The van der Waals surface area contributed by atoms with Crippen LogP contribution >= 0.6 is 0 Å². The molecule has 0 heterocycles. The van der Waals surface area contributed by atoms with E-state index in [4.69, 9.17) is 0 Å². The molecular formula is C40H36N8Na2O10. The molecule has 20 heteroatoms. The van der Waals surface area contributed by atoms with Gasteiger partial charge in [-0.3, -0.25) is 19.2 Å². The van der Waals surface area contributed by atoms with E-state index in [9.17, 15) is 49.2 Å². The Morgan fingerprint density at radius 1 is 0.517 bits per heavy atom. The zero-order valence-corrected chi connectivity index (χ0v) is 37.9. The van der Waals surface area contributed by atoms with Crippen molar-refractivity contribution in [2.75, 3.05) is 21.3 Å². The van der Waals surface area contributed by atoms with Crippen molar-refractivity contribution in [3.05, 3.63) is 118 Å². The first kappa shape index (κ1) is 50.1. The van der Waals surface area contributed by atoms with Crippen LogP contribution in [0.4, 0.5) is 34.1 Å². The molecule has 0 bridgehead atoms. The smallest absolute Gasteiger partial charge is 0.545 e. The molecular weight excluding hydrogens is 798 g/mol. The molecule has 6 N–H and O–H groups in total. The number of nitrogens with zero attached hydrogens (tertiary/aromatic N) is 4. The number of aliphatic hydroxyl groups is 2. The van der Waals surface area contributed by atoms with E-state index in [2.05, 4.69) is 41.7 Å². The minimum Gasteiger partial charge on any atom is -0.545 e. The molecule has 0 aliphatic carbocycles. The number of nitrogens with one attached hydrogen (secondary N) is 4. The van der Waals surface area contributed by atoms with Crippen LogP contribution in [0.1, 0.15) is 59.5 Å². The van der Waals surface area contributed by atoms with Gasteiger partial charge in [0.1, 0.15) is 22.9 Å². The second kappa shape index (κ2) is 22.4. The first-order chi connectivity index (χ1) is 27.3. The largest absolute Gasteiger partial charge is 1.00 e. The monoisotopic (exact) mass is 834 g/mol. The molecule has 0 atom stereocenters. The van der Waals surface area contributed by atoms with E-state index in [1.165, 1.54) is 52.0 Å². The third kappa shape index (κ3) is 13.5. The van der Waals surface area contributed by atoms with Crippen LogP contribution in [0.5, 0.6) is 0 Å². The van der Waals surface area contributed by atoms with Gasteiger partial charge >= 0.3 is 70.9 Å². The van der Waals surface area contributed by atoms with E-state index in [0.717, 1.165) is 23.3 Å². The fourth-order valence-corrected chi connectivity index (χ4v) is 5.27. The molecule has 4 rings (SSSR count). The van der Waals surface area contributed by atoms with Crippen molar-refractivity contribution in [1.82, 2.24) is 0 Å². The predicted molar refractivity (Wildman–Crippen MR) is 208 cm³/mol. The second-order valence-corrected chi connectivity index (χ2v) is 12.6. The van der Waals surface area contributed by atoms with Gasteiger partial charge in [0.25, 0.3) is 0 Å². The number of carbonyl (C=O) groups excluding carboxylic acids is 6. The average molecular weight is 835 g/mol. The molecule has 298 valence electrons. The van der Waals surface area contributed by atoms with Gasteiger partial charge in [-0.1, -0.05) is 12.1 Å². The number of aromatic carboxylic acids is 2. The maximum atomic E-state index is 13.0. The average Bonchev–Trinajstić information content (AvgIpc) is 3.14. The minimum absolute atomic E-state index is 0. The van der Waals surface area contributed by atoms with Crippen LogP contribution in [0.2, 0.25) is 0 Å². The number of azo groups is 2. The summed E-state index contributed by atoms with van der Waals surface area (Å²) in [5.74, 6) is -6.95. The Kier molecular flexibility index (Phi) is 18.7. The Bertz CT molecular complexity index is 2320. The maximum absolute atomic E-state index is 13.0. The van der Waals surface area contributed by atoms with E-state index >= 15 is 0 Å². The van der Waals surface area contributed by atoms with Gasteiger partial charge in [0.05, 0.1) is 23.3 Å². The number of rotatable bonds is 13. The van der Waals surface area contributed by atoms with Gasteiger partial charge in [0.2, 0.25) is 11.8 Å². The van der Waals surface area contributed by atoms with Gasteiger partial charge < -0.3 is 51.3 Å². The third-order valence-corrected chi connectivity index (χ3v) is 8.03. The van der Waals surface area contributed by atoms with Crippen molar-refractivity contribution in [1.29, 1.82) is 0 Å². The van der Waals surface area contributed by atoms with Gasteiger partial charge in [0, 0.05) is 47.7 Å². The summed E-state index contributed by atoms with van der Waals surface area (Å²) in [6.07, 6.45) is 0. The van der Waals surface area contributed by atoms with E-state index < -0.39 is 58.2 Å². The van der Waals surface area contributed by atoms with Gasteiger partial charge in [-0.15, -0.1) is 20.5 Å². The van der Waals surface area contributed by atoms with Gasteiger partial charge in [-0.2, -0.15) is 0 Å². The number of amides is 4. The number of benzene rings is 4. The molecule has 4 aromatic carbocycles. The fraction of sp³-hybridized carbons (Fsp3) is 0.150. The van der Waals surface area contributed by atoms with Gasteiger partial charge in [0.15, 0.2) is 0 Å². The molecule has 0 radical (unpaired) electrons. The standard InChI is InChI=1S/C40H38N8O10.2Na/c1-19-15-25(7-11-31(19)43-35(21(3)49)37(53)47-45-33-13-9-27(41-23(5)51)17-29(33)39(55)56)26-8-12-32(20(2)16-26)44-36(22(4)50)38(54)48-46-34-14-10-28(42-24(6)52)18-30(34)40(57)58;;/h7-18,43-44,49-50H,1-6H3,(H,41,51)(H,42,52)(H,55,56)(H,57,58);;/q;2*+1/p-2. The summed E-state index contributed by atoms with van der Waals surface area (Å²) < 4.78 is 0. The molecule has 4 aromatic rings. The van der Waals surface area contributed by atoms with Gasteiger partial charge in [-0.05, 0) is 111 Å². The van der Waals surface area contributed by atoms with Crippen molar-refractivity contribution in [2.45, 2.75) is 41.5 Å². The molecule has 0 spiro atoms. The molecule has 60 heavy (non-hydrogen) atoms. The number of aliphatic hydroxyl groups excluding tert-OH is 2. The van der Waals surface area contributed by atoms with Crippen molar-refractivity contribution in [3.8, 4) is 11.1 Å². The minimum atomic E-state index is -1.62. The maximum Gasteiger partial charge on any atom is 1.00 e. The van der Waals surface area contributed by atoms with Crippen LogP contribution in [0.3, 0.4) is 0 Å². The quantitative estimate of drug-likeness (QED) is 0.0436. The molecule has 4 amide bonds. The van der Waals surface area contributed by atoms with Crippen molar-refractivity contribution in [3.63, 3.8) is 0 Å². The summed E-state index contributed by atoms with van der Waals surface area (Å²) >= 11 is 0. The first-order valence-electron chi connectivity index (χ1n) is 17.1. The van der Waals surface area contributed by atoms with E-state index in [0.29, 0.717) is 22.5 Å². The van der Waals surface area contributed by atoms with Crippen molar-refractivity contribution >= 4 is 69.7 Å². The summed E-state index contributed by atoms with van der Waals surface area (Å²) in [6, 6.07) is 17.8. The van der Waals surface area contributed by atoms with Gasteiger partial charge in [-0.25, -0.2) is 0 Å². The normalized spacial score (nSPS) is 11.6. The van der Waals surface area contributed by atoms with Crippen molar-refractivity contribution in [2.24, 2.45) is 20.5 Å². The topological polar surface area (TPSA) is 287 Å². The summed E-state index contributed by atoms with van der Waals surface area (Å²) in [5.41, 5.74) is 2.05. The Balaban J connectivity index is 0.00000620. The van der Waals surface area contributed by atoms with E-state index in [1.807, 2.05) is 0 Å².